The summed E-state index contributed by atoms with van der Waals surface area (Å²) in [6.45, 7) is 1.30. The molecule has 1 aromatic rings. The van der Waals surface area contributed by atoms with E-state index in [0.29, 0.717) is 17.5 Å². The molecule has 0 saturated carbocycles. The van der Waals surface area contributed by atoms with Gasteiger partial charge in [0.05, 0.1) is 18.6 Å². The fourth-order valence-electron chi connectivity index (χ4n) is 1.47. The van der Waals surface area contributed by atoms with Gasteiger partial charge in [-0.25, -0.2) is 8.42 Å². The molecular formula is C14H17NO5S. The second-order valence-electron chi connectivity index (χ2n) is 4.15. The third kappa shape index (κ3) is 5.19. The van der Waals surface area contributed by atoms with Crippen molar-refractivity contribution in [1.82, 2.24) is 4.72 Å². The summed E-state index contributed by atoms with van der Waals surface area (Å²) >= 11 is 0. The Bertz CT molecular complexity index is 670. The molecule has 0 aliphatic rings. The van der Waals surface area contributed by atoms with Gasteiger partial charge < -0.3 is 9.84 Å². The average molecular weight is 311 g/mol. The van der Waals surface area contributed by atoms with Crippen molar-refractivity contribution in [2.24, 2.45) is 0 Å². The number of rotatable bonds is 5. The van der Waals surface area contributed by atoms with Crippen LogP contribution in [0.25, 0.3) is 0 Å². The molecule has 7 heteroatoms. The quantitative estimate of drug-likeness (QED) is 0.598. The molecule has 1 aromatic carbocycles. The standard InChI is InChI=1S/C14H17NO5S/c1-11-9-13(7-6-12(11)5-3-4-8-16)21(18,19)15-10-14(17)20-2/h6-7,9,15-16H,4,8,10H2,1-2H3. The summed E-state index contributed by atoms with van der Waals surface area (Å²) in [7, 11) is -2.59. The van der Waals surface area contributed by atoms with Gasteiger partial charge in [0, 0.05) is 12.0 Å². The average Bonchev–Trinajstić information content (AvgIpc) is 2.46. The second kappa shape index (κ2) is 7.78. The molecule has 0 bridgehead atoms. The fourth-order valence-corrected chi connectivity index (χ4v) is 2.52. The zero-order chi connectivity index (χ0) is 15.9. The van der Waals surface area contributed by atoms with Crippen LogP contribution in [0.3, 0.4) is 0 Å². The minimum Gasteiger partial charge on any atom is -0.468 e. The molecule has 0 saturated heterocycles. The monoisotopic (exact) mass is 311 g/mol. The first-order valence-electron chi connectivity index (χ1n) is 6.17. The highest BCUT2D eigenvalue weighted by Crippen LogP contribution is 2.14. The van der Waals surface area contributed by atoms with Gasteiger partial charge in [0.1, 0.15) is 6.54 Å². The number of sulfonamides is 1. The Hall–Kier alpha value is -1.88. The number of aliphatic hydroxyl groups excluding tert-OH is 1. The van der Waals surface area contributed by atoms with Gasteiger partial charge in [-0.15, -0.1) is 0 Å². The lowest BCUT2D eigenvalue weighted by Gasteiger charge is -2.07. The molecule has 0 radical (unpaired) electrons. The summed E-state index contributed by atoms with van der Waals surface area (Å²) in [5.74, 6) is 4.96. The van der Waals surface area contributed by atoms with Crippen LogP contribution in [-0.2, 0) is 19.6 Å². The van der Waals surface area contributed by atoms with Crippen molar-refractivity contribution in [3.8, 4) is 11.8 Å². The zero-order valence-electron chi connectivity index (χ0n) is 11.8. The van der Waals surface area contributed by atoms with Gasteiger partial charge in [-0.3, -0.25) is 4.79 Å². The van der Waals surface area contributed by atoms with Crippen LogP contribution in [-0.4, -0.2) is 39.8 Å². The summed E-state index contributed by atoms with van der Waals surface area (Å²) in [6.07, 6.45) is 0.361. The largest absolute Gasteiger partial charge is 0.468 e. The first-order valence-corrected chi connectivity index (χ1v) is 7.66. The van der Waals surface area contributed by atoms with Gasteiger partial charge in [0.15, 0.2) is 0 Å². The van der Waals surface area contributed by atoms with Crippen molar-refractivity contribution in [2.45, 2.75) is 18.2 Å². The molecule has 0 fully saturated rings. The highest BCUT2D eigenvalue weighted by Gasteiger charge is 2.16. The number of carbonyl (C=O) groups excluding carboxylic acids is 1. The van der Waals surface area contributed by atoms with E-state index in [1.54, 1.807) is 13.0 Å². The van der Waals surface area contributed by atoms with Crippen molar-refractivity contribution in [3.63, 3.8) is 0 Å². The van der Waals surface area contributed by atoms with E-state index in [1.807, 2.05) is 0 Å². The Kier molecular flexibility index (Phi) is 6.37. The van der Waals surface area contributed by atoms with Crippen LogP contribution in [0.5, 0.6) is 0 Å². The zero-order valence-corrected chi connectivity index (χ0v) is 12.7. The Morgan fingerprint density at radius 3 is 2.71 bits per heavy atom. The van der Waals surface area contributed by atoms with Crippen LogP contribution in [0.4, 0.5) is 0 Å². The number of hydrogen-bond acceptors (Lipinski definition) is 5. The van der Waals surface area contributed by atoms with Crippen LogP contribution >= 0.6 is 0 Å². The highest BCUT2D eigenvalue weighted by atomic mass is 32.2. The topological polar surface area (TPSA) is 92.7 Å². The number of carbonyl (C=O) groups is 1. The molecule has 0 amide bonds. The highest BCUT2D eigenvalue weighted by molar-refractivity contribution is 7.89. The lowest BCUT2D eigenvalue weighted by molar-refractivity contribution is -0.139. The molecule has 1 rings (SSSR count). The van der Waals surface area contributed by atoms with Crippen molar-refractivity contribution >= 4 is 16.0 Å². The van der Waals surface area contributed by atoms with E-state index in [0.717, 1.165) is 0 Å². The lowest BCUT2D eigenvalue weighted by atomic mass is 10.1. The van der Waals surface area contributed by atoms with Gasteiger partial charge >= 0.3 is 5.97 Å². The third-order valence-corrected chi connectivity index (χ3v) is 4.00. The fraction of sp³-hybridized carbons (Fsp3) is 0.357. The summed E-state index contributed by atoms with van der Waals surface area (Å²) in [4.78, 5) is 11.0. The molecule has 0 aliphatic carbocycles. The molecule has 2 N–H and O–H groups in total. The summed E-state index contributed by atoms with van der Waals surface area (Å²) in [6, 6.07) is 4.48. The molecular weight excluding hydrogens is 294 g/mol. The van der Waals surface area contributed by atoms with E-state index in [1.165, 1.54) is 19.2 Å². The van der Waals surface area contributed by atoms with Gasteiger partial charge in [-0.2, -0.15) is 4.72 Å². The molecule has 0 aliphatic heterocycles. The number of hydrogen-bond donors (Lipinski definition) is 2. The van der Waals surface area contributed by atoms with Crippen molar-refractivity contribution in [2.75, 3.05) is 20.3 Å². The first-order chi connectivity index (χ1) is 9.90. The molecule has 0 atom stereocenters. The van der Waals surface area contributed by atoms with E-state index in [9.17, 15) is 13.2 Å². The van der Waals surface area contributed by atoms with Gasteiger partial charge in [0.2, 0.25) is 10.0 Å². The maximum Gasteiger partial charge on any atom is 0.320 e. The summed E-state index contributed by atoms with van der Waals surface area (Å²) in [5, 5.41) is 8.66. The Balaban J connectivity index is 2.93. The molecule has 114 valence electrons. The maximum atomic E-state index is 12.0. The molecule has 0 spiro atoms. The van der Waals surface area contributed by atoms with E-state index in [4.69, 9.17) is 5.11 Å². The Morgan fingerprint density at radius 2 is 2.14 bits per heavy atom. The number of nitrogens with one attached hydrogen (secondary N) is 1. The van der Waals surface area contributed by atoms with E-state index in [2.05, 4.69) is 21.3 Å². The van der Waals surface area contributed by atoms with Crippen molar-refractivity contribution < 1.29 is 23.1 Å². The molecule has 6 nitrogen and oxygen atoms in total. The molecule has 0 heterocycles. The van der Waals surface area contributed by atoms with E-state index in [-0.39, 0.29) is 11.5 Å². The number of aliphatic hydroxyl groups is 1. The van der Waals surface area contributed by atoms with E-state index >= 15 is 0 Å². The summed E-state index contributed by atoms with van der Waals surface area (Å²) in [5.41, 5.74) is 1.39. The minimum atomic E-state index is -3.77. The predicted octanol–water partition coefficient (Wildman–Crippen LogP) is 0.180. The molecule has 0 aromatic heterocycles. The number of ether oxygens (including phenoxy) is 1. The van der Waals surface area contributed by atoms with Crippen LogP contribution in [0, 0.1) is 18.8 Å². The minimum absolute atomic E-state index is 0.0179. The van der Waals surface area contributed by atoms with Crippen LogP contribution in [0.15, 0.2) is 23.1 Å². The second-order valence-corrected chi connectivity index (χ2v) is 5.92. The smallest absolute Gasteiger partial charge is 0.320 e. The lowest BCUT2D eigenvalue weighted by Crippen LogP contribution is -2.30. The predicted molar refractivity (Wildman–Crippen MR) is 77.0 cm³/mol. The van der Waals surface area contributed by atoms with Gasteiger partial charge in [-0.05, 0) is 30.7 Å². The van der Waals surface area contributed by atoms with Gasteiger partial charge in [-0.1, -0.05) is 11.8 Å². The maximum absolute atomic E-state index is 12.0. The SMILES string of the molecule is COC(=O)CNS(=O)(=O)c1ccc(C#CCCO)c(C)c1. The summed E-state index contributed by atoms with van der Waals surface area (Å²) < 4.78 is 30.5. The van der Waals surface area contributed by atoms with Crippen molar-refractivity contribution in [1.29, 1.82) is 0 Å². The van der Waals surface area contributed by atoms with Crippen molar-refractivity contribution in [3.05, 3.63) is 29.3 Å². The number of benzene rings is 1. The Morgan fingerprint density at radius 1 is 1.43 bits per heavy atom. The normalized spacial score (nSPS) is 10.6. The van der Waals surface area contributed by atoms with Crippen LogP contribution in [0.2, 0.25) is 0 Å². The number of methoxy groups -OCH3 is 1. The molecule has 0 unspecified atom stereocenters. The molecule has 21 heavy (non-hydrogen) atoms. The van der Waals surface area contributed by atoms with E-state index < -0.39 is 22.5 Å². The van der Waals surface area contributed by atoms with Gasteiger partial charge in [0.25, 0.3) is 0 Å². The van der Waals surface area contributed by atoms with Crippen LogP contribution < -0.4 is 4.72 Å². The third-order valence-electron chi connectivity index (χ3n) is 2.60. The number of esters is 1. The first kappa shape index (κ1) is 17.2. The Labute approximate surface area is 124 Å². The van der Waals surface area contributed by atoms with Crippen LogP contribution in [0.1, 0.15) is 17.5 Å². The number of aryl methyl sites for hydroxylation is 1.